The Kier molecular flexibility index (Phi) is 7.79. The lowest BCUT2D eigenvalue weighted by molar-refractivity contribution is -0.122. The largest absolute Gasteiger partial charge is 0.357 e. The van der Waals surface area contributed by atoms with Crippen molar-refractivity contribution in [1.29, 1.82) is 0 Å². The molecule has 0 aliphatic heterocycles. The zero-order chi connectivity index (χ0) is 25.8. The van der Waals surface area contributed by atoms with Gasteiger partial charge in [-0.2, -0.15) is 0 Å². The average Bonchev–Trinajstić information content (AvgIpc) is 2.83. The Morgan fingerprint density at radius 1 is 0.743 bits per heavy atom. The summed E-state index contributed by atoms with van der Waals surface area (Å²) in [7, 11) is 1.59. The molecule has 2 aromatic carbocycles. The summed E-state index contributed by atoms with van der Waals surface area (Å²) < 4.78 is 0. The molecule has 184 valence electrons. The summed E-state index contributed by atoms with van der Waals surface area (Å²) in [6, 6.07) is 22.5. The summed E-state index contributed by atoms with van der Waals surface area (Å²) in [6.45, 7) is 12.5. The molecule has 0 saturated carbocycles. The molecule has 3 aromatic rings. The fourth-order valence-corrected chi connectivity index (χ4v) is 4.01. The van der Waals surface area contributed by atoms with Gasteiger partial charge in [0.15, 0.2) is 0 Å². The highest BCUT2D eigenvalue weighted by Crippen LogP contribution is 2.30. The molecular weight excluding hydrogens is 434 g/mol. The first-order valence-electron chi connectivity index (χ1n) is 12.1. The van der Waals surface area contributed by atoms with Gasteiger partial charge in [0.05, 0.1) is 0 Å². The minimum Gasteiger partial charge on any atom is -0.357 e. The molecule has 35 heavy (non-hydrogen) atoms. The van der Waals surface area contributed by atoms with Gasteiger partial charge < -0.3 is 10.6 Å². The number of hydrogen-bond donors (Lipinski definition) is 2. The molecule has 0 aliphatic rings. The Bertz CT molecular complexity index is 1090. The van der Waals surface area contributed by atoms with Gasteiger partial charge in [-0.25, -0.2) is 0 Å². The van der Waals surface area contributed by atoms with Crippen LogP contribution in [0.2, 0.25) is 0 Å². The molecule has 0 saturated heterocycles. The van der Waals surface area contributed by atoms with Crippen LogP contribution in [0.15, 0.2) is 72.8 Å². The van der Waals surface area contributed by atoms with Crippen LogP contribution in [-0.4, -0.2) is 29.9 Å². The first-order chi connectivity index (χ1) is 16.4. The molecular formula is C30H37N3O2. The maximum atomic E-state index is 13.7. The van der Waals surface area contributed by atoms with E-state index >= 15 is 0 Å². The van der Waals surface area contributed by atoms with Crippen LogP contribution < -0.4 is 10.6 Å². The number of rotatable bonds is 6. The summed E-state index contributed by atoms with van der Waals surface area (Å²) in [5.74, 6) is -0.904. The van der Waals surface area contributed by atoms with E-state index in [1.54, 1.807) is 7.05 Å². The molecule has 3 rings (SSSR count). The van der Waals surface area contributed by atoms with E-state index in [-0.39, 0.29) is 28.6 Å². The van der Waals surface area contributed by atoms with Gasteiger partial charge in [-0.1, -0.05) is 102 Å². The number of carbonyl (C=O) groups is 2. The van der Waals surface area contributed by atoms with E-state index in [1.807, 2.05) is 72.8 Å². The third-order valence-corrected chi connectivity index (χ3v) is 6.09. The second kappa shape index (κ2) is 10.4. The molecule has 2 amide bonds. The van der Waals surface area contributed by atoms with Crippen molar-refractivity contribution in [1.82, 2.24) is 15.6 Å². The van der Waals surface area contributed by atoms with Gasteiger partial charge >= 0.3 is 0 Å². The summed E-state index contributed by atoms with van der Waals surface area (Å²) in [4.78, 5) is 31.7. The summed E-state index contributed by atoms with van der Waals surface area (Å²) in [5, 5.41) is 5.81. The van der Waals surface area contributed by atoms with Gasteiger partial charge in [-0.15, -0.1) is 0 Å². The lowest BCUT2D eigenvalue weighted by Crippen LogP contribution is -2.49. The molecule has 1 unspecified atom stereocenters. The van der Waals surface area contributed by atoms with Crippen molar-refractivity contribution in [3.8, 4) is 0 Å². The van der Waals surface area contributed by atoms with Crippen LogP contribution in [0, 0.1) is 0 Å². The number of nitrogens with zero attached hydrogens (tertiary/aromatic N) is 1. The van der Waals surface area contributed by atoms with Gasteiger partial charge in [0.2, 0.25) is 5.91 Å². The number of benzene rings is 2. The maximum absolute atomic E-state index is 13.7. The Balaban J connectivity index is 2.09. The number of aromatic nitrogens is 1. The number of nitrogens with one attached hydrogen (secondary N) is 2. The monoisotopic (exact) mass is 471 g/mol. The van der Waals surface area contributed by atoms with Crippen LogP contribution in [0.1, 0.15) is 80.3 Å². The first-order valence-corrected chi connectivity index (χ1v) is 12.1. The second-order valence-corrected chi connectivity index (χ2v) is 11.0. The Morgan fingerprint density at radius 2 is 1.17 bits per heavy atom. The van der Waals surface area contributed by atoms with Crippen LogP contribution in [0.25, 0.3) is 0 Å². The highest BCUT2D eigenvalue weighted by molar-refractivity contribution is 5.98. The van der Waals surface area contributed by atoms with Gasteiger partial charge in [-0.05, 0) is 23.3 Å². The van der Waals surface area contributed by atoms with E-state index in [4.69, 9.17) is 4.98 Å². The van der Waals surface area contributed by atoms with Crippen LogP contribution >= 0.6 is 0 Å². The molecule has 0 aliphatic carbocycles. The minimum atomic E-state index is -0.804. The third kappa shape index (κ3) is 6.36. The van der Waals surface area contributed by atoms with Crippen molar-refractivity contribution >= 4 is 11.8 Å². The van der Waals surface area contributed by atoms with Gasteiger partial charge in [0.25, 0.3) is 5.91 Å². The fourth-order valence-electron chi connectivity index (χ4n) is 4.01. The molecule has 0 bridgehead atoms. The Labute approximate surface area is 209 Å². The Hall–Kier alpha value is -3.47. The van der Waals surface area contributed by atoms with Crippen molar-refractivity contribution < 1.29 is 9.59 Å². The van der Waals surface area contributed by atoms with Crippen molar-refractivity contribution in [3.63, 3.8) is 0 Å². The van der Waals surface area contributed by atoms with Crippen molar-refractivity contribution in [3.05, 3.63) is 101 Å². The minimum absolute atomic E-state index is 0.229. The third-order valence-electron chi connectivity index (χ3n) is 6.09. The number of carbonyl (C=O) groups excluding carboxylic acids is 2. The summed E-state index contributed by atoms with van der Waals surface area (Å²) in [6.07, 6.45) is 0. The van der Waals surface area contributed by atoms with Gasteiger partial charge in [0.1, 0.15) is 6.04 Å². The van der Waals surface area contributed by atoms with Gasteiger partial charge in [0, 0.05) is 40.7 Å². The molecule has 1 heterocycles. The molecule has 0 fully saturated rings. The van der Waals surface area contributed by atoms with E-state index in [2.05, 4.69) is 52.2 Å². The summed E-state index contributed by atoms with van der Waals surface area (Å²) >= 11 is 0. The maximum Gasteiger partial charge on any atom is 0.252 e. The van der Waals surface area contributed by atoms with Crippen LogP contribution in [0.3, 0.4) is 0 Å². The zero-order valence-electron chi connectivity index (χ0n) is 21.8. The Morgan fingerprint density at radius 3 is 1.54 bits per heavy atom. The normalized spacial score (nSPS) is 12.8. The topological polar surface area (TPSA) is 71.1 Å². The predicted octanol–water partition coefficient (Wildman–Crippen LogP) is 5.35. The number of likely N-dealkylation sites (N-methyl/N-ethyl adjacent to an activating group) is 1. The quantitative estimate of drug-likeness (QED) is 0.509. The van der Waals surface area contributed by atoms with Crippen molar-refractivity contribution in [2.45, 2.75) is 64.3 Å². The molecule has 1 atom stereocenters. The highest BCUT2D eigenvalue weighted by Gasteiger charge is 2.33. The molecule has 0 spiro atoms. The van der Waals surface area contributed by atoms with Crippen LogP contribution in [-0.2, 0) is 15.6 Å². The van der Waals surface area contributed by atoms with Crippen LogP contribution in [0.5, 0.6) is 0 Å². The standard InChI is InChI=1S/C30H37N3O2/c1-29(2,3)23-18-22(19-24(32-23)30(4,5)6)27(34)33-26(28(35)31-7)25(20-14-10-8-11-15-20)21-16-12-9-13-17-21/h8-19,25-26H,1-7H3,(H,31,35)(H,33,34). The van der Waals surface area contributed by atoms with E-state index in [1.165, 1.54) is 0 Å². The van der Waals surface area contributed by atoms with Crippen molar-refractivity contribution in [2.75, 3.05) is 7.05 Å². The number of pyridine rings is 1. The highest BCUT2D eigenvalue weighted by atomic mass is 16.2. The van der Waals surface area contributed by atoms with E-state index in [0.717, 1.165) is 22.5 Å². The fraction of sp³-hybridized carbons (Fsp3) is 0.367. The SMILES string of the molecule is CNC(=O)C(NC(=O)c1cc(C(C)(C)C)nc(C(C)(C)C)c1)C(c1ccccc1)c1ccccc1. The average molecular weight is 472 g/mol. The number of amides is 2. The molecule has 1 aromatic heterocycles. The van der Waals surface area contributed by atoms with Gasteiger partial charge in [-0.3, -0.25) is 14.6 Å². The van der Waals surface area contributed by atoms with E-state index < -0.39 is 6.04 Å². The smallest absolute Gasteiger partial charge is 0.252 e. The lowest BCUT2D eigenvalue weighted by atomic mass is 9.84. The molecule has 0 radical (unpaired) electrons. The molecule has 2 N–H and O–H groups in total. The van der Waals surface area contributed by atoms with E-state index in [9.17, 15) is 9.59 Å². The summed E-state index contributed by atoms with van der Waals surface area (Å²) in [5.41, 5.74) is 3.63. The van der Waals surface area contributed by atoms with E-state index in [0.29, 0.717) is 5.56 Å². The number of hydrogen-bond acceptors (Lipinski definition) is 3. The van der Waals surface area contributed by atoms with Crippen molar-refractivity contribution in [2.24, 2.45) is 0 Å². The first kappa shape index (κ1) is 26.1. The molecule has 5 heteroatoms. The zero-order valence-corrected chi connectivity index (χ0v) is 21.8. The predicted molar refractivity (Wildman–Crippen MR) is 142 cm³/mol. The van der Waals surface area contributed by atoms with Crippen LogP contribution in [0.4, 0.5) is 0 Å². The second-order valence-electron chi connectivity index (χ2n) is 11.0. The molecule has 5 nitrogen and oxygen atoms in total. The lowest BCUT2D eigenvalue weighted by Gasteiger charge is -2.29.